The summed E-state index contributed by atoms with van der Waals surface area (Å²) in [5.74, 6) is 2.07. The Morgan fingerprint density at radius 2 is 2.20 bits per heavy atom. The quantitative estimate of drug-likeness (QED) is 0.827. The largest absolute Gasteiger partial charge is 0.496 e. The molecule has 2 N–H and O–H groups in total. The second-order valence-corrected chi connectivity index (χ2v) is 4.97. The third-order valence-electron chi connectivity index (χ3n) is 2.21. The van der Waals surface area contributed by atoms with Gasteiger partial charge in [-0.15, -0.1) is 0 Å². The van der Waals surface area contributed by atoms with Crippen molar-refractivity contribution in [1.82, 2.24) is 0 Å². The summed E-state index contributed by atoms with van der Waals surface area (Å²) in [5, 5.41) is 0. The Morgan fingerprint density at radius 1 is 1.47 bits per heavy atom. The number of benzene rings is 1. The number of hydrogen-bond donors (Lipinski definition) is 1. The Kier molecular flexibility index (Phi) is 4.78. The van der Waals surface area contributed by atoms with Crippen LogP contribution in [0.5, 0.6) is 5.75 Å². The minimum atomic E-state index is -0.778. The summed E-state index contributed by atoms with van der Waals surface area (Å²) < 4.78 is 16.6. The average molecular weight is 227 g/mol. The highest BCUT2D eigenvalue weighted by Crippen LogP contribution is 2.20. The van der Waals surface area contributed by atoms with Crippen LogP contribution in [0.3, 0.4) is 0 Å². The number of ether oxygens (including phenoxy) is 1. The summed E-state index contributed by atoms with van der Waals surface area (Å²) in [6.07, 6.45) is 0. The van der Waals surface area contributed by atoms with Gasteiger partial charge in [0.25, 0.3) is 0 Å². The molecule has 0 fully saturated rings. The number of methoxy groups -OCH3 is 1. The van der Waals surface area contributed by atoms with E-state index < -0.39 is 10.8 Å². The van der Waals surface area contributed by atoms with Gasteiger partial charge in [-0.2, -0.15) is 0 Å². The Morgan fingerprint density at radius 3 is 2.73 bits per heavy atom. The van der Waals surface area contributed by atoms with Crippen LogP contribution in [0.4, 0.5) is 0 Å². The van der Waals surface area contributed by atoms with Gasteiger partial charge in [0.1, 0.15) is 5.75 Å². The van der Waals surface area contributed by atoms with E-state index in [4.69, 9.17) is 10.5 Å². The maximum absolute atomic E-state index is 11.4. The molecule has 1 unspecified atom stereocenters. The van der Waals surface area contributed by atoms with Crippen molar-refractivity contribution in [2.75, 3.05) is 12.9 Å². The van der Waals surface area contributed by atoms with Gasteiger partial charge in [0, 0.05) is 34.4 Å². The minimum Gasteiger partial charge on any atom is -0.496 e. The molecule has 0 amide bonds. The summed E-state index contributed by atoms with van der Waals surface area (Å²) >= 11 is 0. The summed E-state index contributed by atoms with van der Waals surface area (Å²) in [5.41, 5.74) is 7.62. The molecular formula is C11H17NO2S. The second-order valence-electron chi connectivity index (χ2n) is 3.22. The van der Waals surface area contributed by atoms with Crippen LogP contribution < -0.4 is 10.5 Å². The van der Waals surface area contributed by atoms with E-state index in [0.717, 1.165) is 16.9 Å². The van der Waals surface area contributed by atoms with Gasteiger partial charge < -0.3 is 10.5 Å². The molecule has 1 aromatic rings. The second kappa shape index (κ2) is 5.88. The predicted molar refractivity (Wildman–Crippen MR) is 63.3 cm³/mol. The van der Waals surface area contributed by atoms with Crippen molar-refractivity contribution in [2.24, 2.45) is 5.73 Å². The summed E-state index contributed by atoms with van der Waals surface area (Å²) in [7, 11) is 0.845. The highest BCUT2D eigenvalue weighted by Gasteiger charge is 2.04. The van der Waals surface area contributed by atoms with Gasteiger partial charge in [-0.05, 0) is 17.7 Å². The molecule has 15 heavy (non-hydrogen) atoms. The van der Waals surface area contributed by atoms with E-state index in [2.05, 4.69) is 0 Å². The molecule has 0 aliphatic heterocycles. The van der Waals surface area contributed by atoms with Gasteiger partial charge in [0.15, 0.2) is 0 Å². The highest BCUT2D eigenvalue weighted by atomic mass is 32.2. The normalized spacial score (nSPS) is 12.5. The molecule has 0 aliphatic carbocycles. The smallest absolute Gasteiger partial charge is 0.123 e. The Bertz CT molecular complexity index is 352. The van der Waals surface area contributed by atoms with Crippen molar-refractivity contribution in [1.29, 1.82) is 0 Å². The minimum absolute atomic E-state index is 0.440. The average Bonchev–Trinajstić information content (AvgIpc) is 2.28. The van der Waals surface area contributed by atoms with Crippen LogP contribution in [0.2, 0.25) is 0 Å². The van der Waals surface area contributed by atoms with Gasteiger partial charge in [0.2, 0.25) is 0 Å². The molecular weight excluding hydrogens is 210 g/mol. The maximum atomic E-state index is 11.4. The van der Waals surface area contributed by atoms with E-state index in [0.29, 0.717) is 18.1 Å². The van der Waals surface area contributed by atoms with Crippen LogP contribution in [-0.2, 0) is 23.1 Å². The fraction of sp³-hybridized carbons (Fsp3) is 0.455. The first-order valence-electron chi connectivity index (χ1n) is 4.92. The van der Waals surface area contributed by atoms with Crippen LogP contribution in [0, 0.1) is 0 Å². The molecule has 0 aromatic heterocycles. The van der Waals surface area contributed by atoms with E-state index in [1.54, 1.807) is 7.11 Å². The van der Waals surface area contributed by atoms with Crippen molar-refractivity contribution in [3.63, 3.8) is 0 Å². The summed E-state index contributed by atoms with van der Waals surface area (Å²) in [6.45, 7) is 2.36. The van der Waals surface area contributed by atoms with E-state index in [-0.39, 0.29) is 0 Å². The molecule has 0 spiro atoms. The topological polar surface area (TPSA) is 52.3 Å². The molecule has 0 heterocycles. The van der Waals surface area contributed by atoms with Crippen molar-refractivity contribution >= 4 is 10.8 Å². The molecule has 0 bridgehead atoms. The van der Waals surface area contributed by atoms with Crippen molar-refractivity contribution in [2.45, 2.75) is 19.2 Å². The number of rotatable bonds is 5. The fourth-order valence-corrected chi connectivity index (χ4v) is 2.12. The monoisotopic (exact) mass is 227 g/mol. The van der Waals surface area contributed by atoms with E-state index in [1.165, 1.54) is 0 Å². The Balaban J connectivity index is 2.88. The first-order chi connectivity index (χ1) is 7.21. The maximum Gasteiger partial charge on any atom is 0.123 e. The van der Waals surface area contributed by atoms with Gasteiger partial charge >= 0.3 is 0 Å². The molecule has 0 radical (unpaired) electrons. The zero-order chi connectivity index (χ0) is 11.3. The first-order valence-corrected chi connectivity index (χ1v) is 6.40. The lowest BCUT2D eigenvalue weighted by Gasteiger charge is -2.08. The lowest BCUT2D eigenvalue weighted by Crippen LogP contribution is -2.03. The molecule has 84 valence electrons. The fourth-order valence-electron chi connectivity index (χ4n) is 1.37. The predicted octanol–water partition coefficient (Wildman–Crippen LogP) is 1.42. The van der Waals surface area contributed by atoms with E-state index in [9.17, 15) is 4.21 Å². The van der Waals surface area contributed by atoms with Gasteiger partial charge in [-0.25, -0.2) is 0 Å². The SMILES string of the molecule is CCS(=O)Cc1ccc(OC)c(CN)c1. The third-order valence-corrected chi connectivity index (χ3v) is 3.51. The standard InChI is InChI=1S/C11H17NO2S/c1-3-15(13)8-9-4-5-11(14-2)10(6-9)7-12/h4-6H,3,7-8,12H2,1-2H3. The highest BCUT2D eigenvalue weighted by molar-refractivity contribution is 7.84. The van der Waals surface area contributed by atoms with Crippen LogP contribution in [0.25, 0.3) is 0 Å². The van der Waals surface area contributed by atoms with Crippen LogP contribution in [-0.4, -0.2) is 17.1 Å². The van der Waals surface area contributed by atoms with Crippen molar-refractivity contribution in [3.8, 4) is 5.75 Å². The molecule has 1 atom stereocenters. The van der Waals surface area contributed by atoms with Crippen LogP contribution in [0.15, 0.2) is 18.2 Å². The van der Waals surface area contributed by atoms with E-state index in [1.807, 2.05) is 25.1 Å². The summed E-state index contributed by atoms with van der Waals surface area (Å²) in [4.78, 5) is 0. The Hall–Kier alpha value is -0.870. The Labute approximate surface area is 93.1 Å². The van der Waals surface area contributed by atoms with E-state index >= 15 is 0 Å². The van der Waals surface area contributed by atoms with Gasteiger partial charge in [-0.1, -0.05) is 13.0 Å². The molecule has 1 aromatic carbocycles. The molecule has 0 saturated heterocycles. The van der Waals surface area contributed by atoms with Crippen LogP contribution >= 0.6 is 0 Å². The molecule has 1 rings (SSSR count). The molecule has 3 nitrogen and oxygen atoms in total. The van der Waals surface area contributed by atoms with Crippen LogP contribution in [0.1, 0.15) is 18.1 Å². The van der Waals surface area contributed by atoms with Crippen molar-refractivity contribution < 1.29 is 8.95 Å². The summed E-state index contributed by atoms with van der Waals surface area (Å²) in [6, 6.07) is 5.78. The number of nitrogens with two attached hydrogens (primary N) is 1. The molecule has 4 heteroatoms. The first kappa shape index (κ1) is 12.2. The van der Waals surface area contributed by atoms with Gasteiger partial charge in [-0.3, -0.25) is 4.21 Å². The zero-order valence-electron chi connectivity index (χ0n) is 9.16. The van der Waals surface area contributed by atoms with Gasteiger partial charge in [0.05, 0.1) is 7.11 Å². The third kappa shape index (κ3) is 3.32. The molecule has 0 aliphatic rings. The lowest BCUT2D eigenvalue weighted by molar-refractivity contribution is 0.409. The zero-order valence-corrected chi connectivity index (χ0v) is 9.97. The lowest BCUT2D eigenvalue weighted by atomic mass is 10.1. The number of hydrogen-bond acceptors (Lipinski definition) is 3. The van der Waals surface area contributed by atoms with Crippen molar-refractivity contribution in [3.05, 3.63) is 29.3 Å². The molecule has 0 saturated carbocycles.